The van der Waals surface area contributed by atoms with Crippen molar-refractivity contribution < 1.29 is 14.6 Å². The zero-order valence-electron chi connectivity index (χ0n) is 25.4. The van der Waals surface area contributed by atoms with Crippen molar-refractivity contribution in [3.8, 4) is 11.4 Å². The number of para-hydroxylation sites is 2. The van der Waals surface area contributed by atoms with Crippen LogP contribution < -0.4 is 0 Å². The Morgan fingerprint density at radius 3 is 2.28 bits per heavy atom. The van der Waals surface area contributed by atoms with Gasteiger partial charge in [-0.1, -0.05) is 89.6 Å². The van der Waals surface area contributed by atoms with Gasteiger partial charge in [0.05, 0.1) is 6.61 Å². The van der Waals surface area contributed by atoms with Gasteiger partial charge in [0.15, 0.2) is 0 Å². The van der Waals surface area contributed by atoms with Crippen LogP contribution in [0.5, 0.6) is 5.75 Å². The largest absolute Gasteiger partial charge is 0.505 e. The van der Waals surface area contributed by atoms with E-state index in [1.807, 2.05) is 57.2 Å². The Kier molecular flexibility index (Phi) is 11.1. The number of nitrogens with zero attached hydrogens (tertiary/aromatic N) is 5. The van der Waals surface area contributed by atoms with E-state index in [0.717, 1.165) is 35.0 Å². The summed E-state index contributed by atoms with van der Waals surface area (Å²) in [6.45, 7) is 8.80. The van der Waals surface area contributed by atoms with E-state index in [2.05, 4.69) is 32.5 Å². The molecule has 0 amide bonds. The summed E-state index contributed by atoms with van der Waals surface area (Å²) in [4.78, 5) is 13.7. The fraction of sp³-hybridized carbons (Fsp3) is 0.424. The number of nitrogens with one attached hydrogen (secondary N) is 1. The maximum absolute atomic E-state index is 12.3. The van der Waals surface area contributed by atoms with Gasteiger partial charge in [0.25, 0.3) is 0 Å². The van der Waals surface area contributed by atoms with Crippen molar-refractivity contribution in [2.75, 3.05) is 6.61 Å². The summed E-state index contributed by atoms with van der Waals surface area (Å²) >= 11 is 6.09. The summed E-state index contributed by atoms with van der Waals surface area (Å²) in [5, 5.41) is 31.0. The molecule has 2 aromatic heterocycles. The van der Waals surface area contributed by atoms with E-state index in [1.165, 1.54) is 30.5 Å². The van der Waals surface area contributed by atoms with Crippen LogP contribution in [-0.2, 0) is 21.4 Å². The zero-order chi connectivity index (χ0) is 30.8. The number of aryl methyl sites for hydroxylation is 1. The second kappa shape index (κ2) is 15.0. The molecule has 0 spiro atoms. The quantitative estimate of drug-likeness (QED) is 0.116. The number of hydrogen-bond acceptors (Lipinski definition) is 7. The number of phenolic OH excluding ortho intramolecular Hbond substituents is 1. The number of aromatic hydroxyl groups is 1. The number of benzene rings is 3. The number of aromatic amines is 1. The van der Waals surface area contributed by atoms with E-state index in [9.17, 15) is 9.90 Å². The average Bonchev–Trinajstić information content (AvgIpc) is 3.63. The van der Waals surface area contributed by atoms with Gasteiger partial charge < -0.3 is 9.84 Å². The standard InChI is InChI=1S/C27H36ClN3O3.C6H5N3/c1-5-6-7-8-9-10-15-34-25(32)14-11-19-16-21(27(2,3)4)26(33)24(17-19)31-29-22-13-12-20(28)18-23(22)30-31;1-2-4-6-5(3-1)7-9-8-6/h12-13,16-18,33H,5-11,14-15H2,1-4H3;1-4H,(H,7,8,9). The molecule has 0 aliphatic rings. The van der Waals surface area contributed by atoms with E-state index in [4.69, 9.17) is 16.3 Å². The molecule has 2 heterocycles. The second-order valence-corrected chi connectivity index (χ2v) is 12.1. The molecule has 0 bridgehead atoms. The van der Waals surface area contributed by atoms with Crippen LogP contribution in [0.15, 0.2) is 54.6 Å². The third-order valence-electron chi connectivity index (χ3n) is 7.12. The van der Waals surface area contributed by atoms with Gasteiger partial charge in [-0.25, -0.2) is 0 Å². The van der Waals surface area contributed by atoms with Gasteiger partial charge >= 0.3 is 5.97 Å². The number of unbranched alkanes of at least 4 members (excludes halogenated alkanes) is 5. The number of aromatic nitrogens is 6. The van der Waals surface area contributed by atoms with Crippen LogP contribution in [0.1, 0.15) is 83.8 Å². The van der Waals surface area contributed by atoms with E-state index in [1.54, 1.807) is 18.2 Å². The van der Waals surface area contributed by atoms with Crippen LogP contribution in [0.2, 0.25) is 5.02 Å². The van der Waals surface area contributed by atoms with Crippen LogP contribution in [0, 0.1) is 0 Å². The molecule has 0 fully saturated rings. The average molecular weight is 605 g/mol. The Bertz CT molecular complexity index is 1610. The first kappa shape index (κ1) is 31.9. The minimum Gasteiger partial charge on any atom is -0.505 e. The topological polar surface area (TPSA) is 119 Å². The predicted molar refractivity (Wildman–Crippen MR) is 171 cm³/mol. The van der Waals surface area contributed by atoms with Crippen LogP contribution in [-0.4, -0.2) is 48.1 Å². The summed E-state index contributed by atoms with van der Waals surface area (Å²) in [6.07, 6.45) is 7.74. The van der Waals surface area contributed by atoms with Crippen molar-refractivity contribution in [3.63, 3.8) is 0 Å². The van der Waals surface area contributed by atoms with Crippen molar-refractivity contribution in [2.45, 2.75) is 84.5 Å². The molecule has 5 aromatic rings. The van der Waals surface area contributed by atoms with E-state index in [-0.39, 0.29) is 23.6 Å². The first-order chi connectivity index (χ1) is 20.7. The van der Waals surface area contributed by atoms with Crippen LogP contribution >= 0.6 is 11.6 Å². The van der Waals surface area contributed by atoms with Gasteiger partial charge in [-0.3, -0.25) is 4.79 Å². The number of carbonyl (C=O) groups is 1. The van der Waals surface area contributed by atoms with Gasteiger partial charge in [-0.15, -0.1) is 15.0 Å². The zero-order valence-corrected chi connectivity index (χ0v) is 26.2. The predicted octanol–water partition coefficient (Wildman–Crippen LogP) is 7.87. The molecular weight excluding hydrogens is 564 g/mol. The molecular formula is C33H41ClN6O3. The highest BCUT2D eigenvalue weighted by Gasteiger charge is 2.23. The van der Waals surface area contributed by atoms with E-state index in [0.29, 0.717) is 34.8 Å². The molecule has 2 N–H and O–H groups in total. The highest BCUT2D eigenvalue weighted by Crippen LogP contribution is 2.36. The number of hydrogen-bond donors (Lipinski definition) is 2. The molecule has 0 radical (unpaired) electrons. The Morgan fingerprint density at radius 1 is 0.907 bits per heavy atom. The Labute approximate surface area is 257 Å². The van der Waals surface area contributed by atoms with Crippen LogP contribution in [0.4, 0.5) is 0 Å². The lowest BCUT2D eigenvalue weighted by Crippen LogP contribution is -2.14. The Morgan fingerprint density at radius 2 is 1.58 bits per heavy atom. The van der Waals surface area contributed by atoms with Crippen molar-refractivity contribution in [2.24, 2.45) is 0 Å². The first-order valence-electron chi connectivity index (χ1n) is 15.0. The number of halogens is 1. The number of rotatable bonds is 11. The van der Waals surface area contributed by atoms with Gasteiger partial charge in [-0.2, -0.15) is 15.4 Å². The maximum atomic E-state index is 12.3. The van der Waals surface area contributed by atoms with Crippen molar-refractivity contribution in [3.05, 3.63) is 70.7 Å². The van der Waals surface area contributed by atoms with Gasteiger partial charge in [0.2, 0.25) is 0 Å². The smallest absolute Gasteiger partial charge is 0.306 e. The molecule has 0 aliphatic carbocycles. The minimum absolute atomic E-state index is 0.133. The van der Waals surface area contributed by atoms with Crippen LogP contribution in [0.3, 0.4) is 0 Å². The minimum atomic E-state index is -0.303. The fourth-order valence-electron chi connectivity index (χ4n) is 4.71. The molecule has 43 heavy (non-hydrogen) atoms. The Balaban J connectivity index is 0.000000395. The second-order valence-electron chi connectivity index (χ2n) is 11.7. The molecule has 0 atom stereocenters. The third kappa shape index (κ3) is 9.00. The van der Waals surface area contributed by atoms with E-state index >= 15 is 0 Å². The first-order valence-corrected chi connectivity index (χ1v) is 15.3. The summed E-state index contributed by atoms with van der Waals surface area (Å²) in [7, 11) is 0. The Hall–Kier alpha value is -3.98. The highest BCUT2D eigenvalue weighted by atomic mass is 35.5. The maximum Gasteiger partial charge on any atom is 0.306 e. The number of H-pyrrole nitrogens is 1. The molecule has 0 unspecified atom stereocenters. The lowest BCUT2D eigenvalue weighted by atomic mass is 9.84. The van der Waals surface area contributed by atoms with Crippen molar-refractivity contribution >= 4 is 39.6 Å². The molecule has 0 aliphatic heterocycles. The molecule has 10 heteroatoms. The van der Waals surface area contributed by atoms with Gasteiger partial charge in [-0.05, 0) is 60.2 Å². The molecule has 228 valence electrons. The summed E-state index contributed by atoms with van der Waals surface area (Å²) in [6, 6.07) is 16.8. The van der Waals surface area contributed by atoms with Gasteiger partial charge in [0.1, 0.15) is 33.5 Å². The highest BCUT2D eigenvalue weighted by molar-refractivity contribution is 6.31. The van der Waals surface area contributed by atoms with Crippen molar-refractivity contribution in [1.29, 1.82) is 0 Å². The third-order valence-corrected chi connectivity index (χ3v) is 7.35. The summed E-state index contributed by atoms with van der Waals surface area (Å²) in [5.41, 5.74) is 5.04. The number of ether oxygens (including phenoxy) is 1. The van der Waals surface area contributed by atoms with Crippen LogP contribution in [0.25, 0.3) is 27.8 Å². The number of phenols is 1. The molecule has 0 saturated carbocycles. The van der Waals surface area contributed by atoms with Crippen molar-refractivity contribution in [1.82, 2.24) is 30.4 Å². The monoisotopic (exact) mass is 604 g/mol. The SMILES string of the molecule is CCCCCCCCOC(=O)CCc1cc(-n2nc3ccc(Cl)cc3n2)c(O)c(C(C)(C)C)c1.c1ccc2n[nH]nc2c1. The molecule has 3 aromatic carbocycles. The molecule has 9 nitrogen and oxygen atoms in total. The summed E-state index contributed by atoms with van der Waals surface area (Å²) < 4.78 is 5.43. The number of fused-ring (bicyclic) bond motifs is 2. The van der Waals surface area contributed by atoms with E-state index < -0.39 is 0 Å². The summed E-state index contributed by atoms with van der Waals surface area (Å²) in [5.74, 6) is -0.0635. The van der Waals surface area contributed by atoms with Gasteiger partial charge in [0, 0.05) is 17.0 Å². The lowest BCUT2D eigenvalue weighted by molar-refractivity contribution is -0.143. The molecule has 5 rings (SSSR count). The lowest BCUT2D eigenvalue weighted by Gasteiger charge is -2.23. The number of carbonyl (C=O) groups excluding carboxylic acids is 1. The number of esters is 1. The normalized spacial score (nSPS) is 11.5. The fourth-order valence-corrected chi connectivity index (χ4v) is 4.88. The molecule has 0 saturated heterocycles.